The van der Waals surface area contributed by atoms with Gasteiger partial charge in [-0.15, -0.1) is 15.3 Å². The highest BCUT2D eigenvalue weighted by molar-refractivity contribution is 5.46. The Labute approximate surface area is 172 Å². The molecule has 7 nitrogen and oxygen atoms in total. The van der Waals surface area contributed by atoms with Crippen LogP contribution in [0.4, 0.5) is 14.6 Å². The van der Waals surface area contributed by atoms with E-state index in [1.54, 1.807) is 25.4 Å². The molecule has 0 atom stereocenters. The summed E-state index contributed by atoms with van der Waals surface area (Å²) in [6, 6.07) is 16.9. The third kappa shape index (κ3) is 4.35. The molecule has 3 aromatic heterocycles. The first-order valence-corrected chi connectivity index (χ1v) is 9.42. The fraction of sp³-hybridized carbons (Fsp3) is 0.238. The maximum Gasteiger partial charge on any atom is 0.299 e. The van der Waals surface area contributed by atoms with Crippen LogP contribution in [0.5, 0.6) is 5.75 Å². The first-order valence-electron chi connectivity index (χ1n) is 9.42. The van der Waals surface area contributed by atoms with E-state index in [9.17, 15) is 8.78 Å². The molecule has 0 bridgehead atoms. The number of alkyl halides is 2. The van der Waals surface area contributed by atoms with E-state index in [4.69, 9.17) is 4.74 Å². The summed E-state index contributed by atoms with van der Waals surface area (Å²) in [5, 5.41) is 11.7. The Morgan fingerprint density at radius 3 is 2.57 bits per heavy atom. The Morgan fingerprint density at radius 2 is 1.87 bits per heavy atom. The van der Waals surface area contributed by atoms with Gasteiger partial charge >= 0.3 is 0 Å². The lowest BCUT2D eigenvalue weighted by atomic mass is 10.2. The van der Waals surface area contributed by atoms with Crippen molar-refractivity contribution in [2.75, 3.05) is 18.6 Å². The molecule has 0 spiro atoms. The van der Waals surface area contributed by atoms with Crippen molar-refractivity contribution in [1.29, 1.82) is 0 Å². The van der Waals surface area contributed by atoms with Crippen LogP contribution in [-0.2, 0) is 13.0 Å². The molecule has 9 heteroatoms. The van der Waals surface area contributed by atoms with Gasteiger partial charge in [0.05, 0.1) is 7.11 Å². The molecule has 3 heterocycles. The second-order valence-electron chi connectivity index (χ2n) is 6.66. The molecule has 0 saturated carbocycles. The SMILES string of the molecule is COc1ccc(CN(CCc2ccccn2)c2ccc3nnc(C(F)F)n3n2)cc1. The van der Waals surface area contributed by atoms with Gasteiger partial charge in [-0.1, -0.05) is 18.2 Å². The summed E-state index contributed by atoms with van der Waals surface area (Å²) in [7, 11) is 1.62. The largest absolute Gasteiger partial charge is 0.497 e. The summed E-state index contributed by atoms with van der Waals surface area (Å²) < 4.78 is 32.8. The Kier molecular flexibility index (Phi) is 5.78. The molecule has 0 radical (unpaired) electrons. The molecular weight excluding hydrogens is 390 g/mol. The van der Waals surface area contributed by atoms with Crippen LogP contribution in [-0.4, -0.2) is 38.4 Å². The lowest BCUT2D eigenvalue weighted by molar-refractivity contribution is 0.137. The third-order valence-electron chi connectivity index (χ3n) is 4.69. The van der Waals surface area contributed by atoms with E-state index in [0.29, 0.717) is 25.3 Å². The topological polar surface area (TPSA) is 68.4 Å². The molecule has 154 valence electrons. The predicted octanol–water partition coefficient (Wildman–Crippen LogP) is 3.71. The first kappa shape index (κ1) is 19.7. The molecule has 0 aliphatic rings. The van der Waals surface area contributed by atoms with Crippen LogP contribution < -0.4 is 9.64 Å². The summed E-state index contributed by atoms with van der Waals surface area (Å²) in [6.45, 7) is 1.15. The van der Waals surface area contributed by atoms with Crippen molar-refractivity contribution in [3.8, 4) is 5.75 Å². The fourth-order valence-corrected chi connectivity index (χ4v) is 3.12. The Morgan fingerprint density at radius 1 is 1.03 bits per heavy atom. The van der Waals surface area contributed by atoms with Crippen LogP contribution in [0.2, 0.25) is 0 Å². The molecule has 0 saturated heterocycles. The number of fused-ring (bicyclic) bond motifs is 1. The van der Waals surface area contributed by atoms with E-state index in [1.165, 1.54) is 0 Å². The molecule has 4 aromatic rings. The van der Waals surface area contributed by atoms with Crippen molar-refractivity contribution in [3.05, 3.63) is 77.9 Å². The Hall–Kier alpha value is -3.62. The lowest BCUT2D eigenvalue weighted by Crippen LogP contribution is -2.27. The molecule has 4 rings (SSSR count). The van der Waals surface area contributed by atoms with Crippen molar-refractivity contribution in [2.24, 2.45) is 0 Å². The van der Waals surface area contributed by atoms with Gasteiger partial charge in [-0.3, -0.25) is 4.98 Å². The van der Waals surface area contributed by atoms with Crippen LogP contribution >= 0.6 is 0 Å². The third-order valence-corrected chi connectivity index (χ3v) is 4.69. The van der Waals surface area contributed by atoms with Gasteiger partial charge < -0.3 is 9.64 Å². The number of aromatic nitrogens is 5. The molecule has 0 aliphatic heterocycles. The maximum absolute atomic E-state index is 13.3. The highest BCUT2D eigenvalue weighted by Gasteiger charge is 2.18. The van der Waals surface area contributed by atoms with Crippen LogP contribution in [0.25, 0.3) is 5.65 Å². The Balaban J connectivity index is 1.64. The van der Waals surface area contributed by atoms with Gasteiger partial charge in [0.15, 0.2) is 5.65 Å². The van der Waals surface area contributed by atoms with E-state index < -0.39 is 12.2 Å². The quantitative estimate of drug-likeness (QED) is 0.441. The van der Waals surface area contributed by atoms with E-state index in [1.807, 2.05) is 47.4 Å². The smallest absolute Gasteiger partial charge is 0.299 e. The second kappa shape index (κ2) is 8.81. The highest BCUT2D eigenvalue weighted by Crippen LogP contribution is 2.21. The minimum Gasteiger partial charge on any atom is -0.497 e. The number of methoxy groups -OCH3 is 1. The zero-order valence-electron chi connectivity index (χ0n) is 16.3. The van der Waals surface area contributed by atoms with Crippen LogP contribution in [0.3, 0.4) is 0 Å². The normalized spacial score (nSPS) is 11.2. The molecule has 30 heavy (non-hydrogen) atoms. The summed E-state index contributed by atoms with van der Waals surface area (Å²) in [6.07, 6.45) is -0.327. The van der Waals surface area contributed by atoms with Gasteiger partial charge in [0.1, 0.15) is 11.6 Å². The predicted molar refractivity (Wildman–Crippen MR) is 108 cm³/mol. The Bertz CT molecular complexity index is 1100. The number of benzene rings is 1. The van der Waals surface area contributed by atoms with Crippen molar-refractivity contribution in [3.63, 3.8) is 0 Å². The summed E-state index contributed by atoms with van der Waals surface area (Å²) in [5.41, 5.74) is 2.26. The van der Waals surface area contributed by atoms with Gasteiger partial charge in [-0.05, 0) is 42.0 Å². The zero-order valence-corrected chi connectivity index (χ0v) is 16.3. The van der Waals surface area contributed by atoms with Crippen molar-refractivity contribution in [1.82, 2.24) is 24.8 Å². The number of anilines is 1. The molecule has 0 fully saturated rings. The average molecular weight is 410 g/mol. The average Bonchev–Trinajstić information content (AvgIpc) is 3.21. The van der Waals surface area contributed by atoms with Crippen molar-refractivity contribution < 1.29 is 13.5 Å². The minimum absolute atomic E-state index is 0.281. The minimum atomic E-state index is -2.76. The summed E-state index contributed by atoms with van der Waals surface area (Å²) >= 11 is 0. The van der Waals surface area contributed by atoms with Gasteiger partial charge in [0, 0.05) is 31.4 Å². The zero-order chi connectivity index (χ0) is 20.9. The summed E-state index contributed by atoms with van der Waals surface area (Å²) in [4.78, 5) is 6.38. The van der Waals surface area contributed by atoms with Gasteiger partial charge in [-0.2, -0.15) is 4.52 Å². The second-order valence-corrected chi connectivity index (χ2v) is 6.66. The number of hydrogen-bond donors (Lipinski definition) is 0. The number of hydrogen-bond acceptors (Lipinski definition) is 6. The van der Waals surface area contributed by atoms with Crippen LogP contribution in [0.15, 0.2) is 60.8 Å². The van der Waals surface area contributed by atoms with Crippen LogP contribution in [0, 0.1) is 0 Å². The standard InChI is InChI=1S/C21H20F2N6O/c1-30-17-7-5-15(6-8-17)14-28(13-11-16-4-2-3-12-24-16)19-10-9-18-25-26-21(20(22)23)29(18)27-19/h2-10,12,20H,11,13-14H2,1H3. The van der Waals surface area contributed by atoms with E-state index in [2.05, 4.69) is 20.3 Å². The van der Waals surface area contributed by atoms with E-state index in [0.717, 1.165) is 21.5 Å². The maximum atomic E-state index is 13.3. The molecule has 0 N–H and O–H groups in total. The molecule has 0 aliphatic carbocycles. The molecule has 0 amide bonds. The van der Waals surface area contributed by atoms with Crippen LogP contribution in [0.1, 0.15) is 23.5 Å². The molecule has 1 aromatic carbocycles. The van der Waals surface area contributed by atoms with Gasteiger partial charge in [0.2, 0.25) is 5.82 Å². The van der Waals surface area contributed by atoms with E-state index in [-0.39, 0.29) is 5.65 Å². The van der Waals surface area contributed by atoms with Crippen molar-refractivity contribution in [2.45, 2.75) is 19.4 Å². The number of nitrogens with zero attached hydrogens (tertiary/aromatic N) is 6. The lowest BCUT2D eigenvalue weighted by Gasteiger charge is -2.24. The highest BCUT2D eigenvalue weighted by atomic mass is 19.3. The summed E-state index contributed by atoms with van der Waals surface area (Å²) in [5.74, 6) is 0.848. The number of ether oxygens (including phenoxy) is 1. The number of pyridine rings is 1. The molecule has 0 unspecified atom stereocenters. The molecular formula is C21H20F2N6O. The van der Waals surface area contributed by atoms with E-state index >= 15 is 0 Å². The van der Waals surface area contributed by atoms with Gasteiger partial charge in [-0.25, -0.2) is 8.78 Å². The van der Waals surface area contributed by atoms with Gasteiger partial charge in [0.25, 0.3) is 6.43 Å². The number of halogens is 2. The monoisotopic (exact) mass is 410 g/mol. The number of rotatable bonds is 8. The first-order chi connectivity index (χ1) is 14.6. The van der Waals surface area contributed by atoms with Crippen molar-refractivity contribution >= 4 is 11.5 Å². The fourth-order valence-electron chi connectivity index (χ4n) is 3.12.